The smallest absolute Gasteiger partial charge is 1.00 e. The van der Waals surface area contributed by atoms with Crippen molar-refractivity contribution in [3.05, 3.63) is 0 Å². The van der Waals surface area contributed by atoms with Gasteiger partial charge in [-0.25, -0.2) is 0 Å². The van der Waals surface area contributed by atoms with Gasteiger partial charge in [-0.15, -0.1) is 0 Å². The van der Waals surface area contributed by atoms with Gasteiger partial charge in [-0.05, 0) is 0 Å². The van der Waals surface area contributed by atoms with Crippen molar-refractivity contribution in [3.63, 3.8) is 0 Å². The van der Waals surface area contributed by atoms with E-state index in [9.17, 15) is 0 Å². The van der Waals surface area contributed by atoms with E-state index < -0.39 is 0 Å². The quantitative estimate of drug-likeness (QED) is 0.377. The third kappa shape index (κ3) is 23.8. The van der Waals surface area contributed by atoms with Crippen LogP contribution in [0.25, 0.3) is 0 Å². The van der Waals surface area contributed by atoms with Crippen LogP contribution in [0, 0.1) is 0 Å². The number of rotatable bonds is 0. The summed E-state index contributed by atoms with van der Waals surface area (Å²) >= 11 is 0. The fourth-order valence-electron chi connectivity index (χ4n) is 0. The first-order valence-electron chi connectivity index (χ1n) is 0.447. The fourth-order valence-corrected chi connectivity index (χ4v) is 0. The van der Waals surface area contributed by atoms with Crippen LogP contribution in [0.2, 0.25) is 0 Å². The summed E-state index contributed by atoms with van der Waals surface area (Å²) in [5.41, 5.74) is 0. The van der Waals surface area contributed by atoms with Crippen LogP contribution in [0.4, 0.5) is 0 Å². The minimum absolute atomic E-state index is 0. The van der Waals surface area contributed by atoms with Crippen LogP contribution >= 0.6 is 0 Å². The summed E-state index contributed by atoms with van der Waals surface area (Å²) in [5.74, 6) is 0. The summed E-state index contributed by atoms with van der Waals surface area (Å²) in [6.45, 7) is 0. The normalized spacial score (nSPS) is 1.20. The zero-order valence-corrected chi connectivity index (χ0v) is 7.90. The van der Waals surface area contributed by atoms with Crippen molar-refractivity contribution < 1.29 is 29.9 Å². The zero-order chi connectivity index (χ0) is 2.00. The number of hydrogen-bond donors (Lipinski definition) is 1. The van der Waals surface area contributed by atoms with Gasteiger partial charge in [0, 0.05) is 7.11 Å². The first-order chi connectivity index (χ1) is 1.00. The van der Waals surface area contributed by atoms with E-state index in [2.05, 4.69) is 0 Å². The number of halogens is 2. The summed E-state index contributed by atoms with van der Waals surface area (Å²) in [6.07, 6.45) is 0. The van der Waals surface area contributed by atoms with E-state index in [1.807, 2.05) is 0 Å². The first-order valence-corrected chi connectivity index (χ1v) is 0.447. The average molecular weight is 191 g/mol. The molecule has 0 rings (SSSR count). The van der Waals surface area contributed by atoms with E-state index in [-0.39, 0.29) is 70.3 Å². The van der Waals surface area contributed by atoms with Crippen LogP contribution < -0.4 is 24.8 Å². The molecular weight excluding hydrogens is 187 g/mol. The predicted molar refractivity (Wildman–Crippen MR) is 13.9 cm³/mol. The molecule has 0 unspecified atom stereocenters. The van der Waals surface area contributed by atoms with Crippen molar-refractivity contribution in [2.24, 2.45) is 0 Å². The molecule has 0 aromatic rings. The minimum atomic E-state index is 0. The molecule has 4 heteroatoms. The molecule has 1 nitrogen and oxygen atoms in total. The molecule has 0 radical (unpaired) electrons. The Morgan fingerprint density at radius 1 is 1.00 bits per heavy atom. The van der Waals surface area contributed by atoms with Crippen molar-refractivity contribution in [1.82, 2.24) is 0 Å². The molecular formula is CH4Cl2OSr. The maximum Gasteiger partial charge on any atom is 2.00 e. The Kier molecular flexibility index (Phi) is 207. The van der Waals surface area contributed by atoms with Crippen LogP contribution in [0.3, 0.4) is 0 Å². The van der Waals surface area contributed by atoms with Crippen molar-refractivity contribution in [1.29, 1.82) is 0 Å². The zero-order valence-electron chi connectivity index (χ0n) is 2.91. The van der Waals surface area contributed by atoms with E-state index in [0.717, 1.165) is 7.11 Å². The van der Waals surface area contributed by atoms with Gasteiger partial charge in [0.15, 0.2) is 0 Å². The van der Waals surface area contributed by atoms with Gasteiger partial charge >= 0.3 is 45.5 Å². The second kappa shape index (κ2) is 37.2. The van der Waals surface area contributed by atoms with E-state index in [1.54, 1.807) is 0 Å². The largest absolute Gasteiger partial charge is 2.00 e. The van der Waals surface area contributed by atoms with Gasteiger partial charge in [-0.3, -0.25) is 0 Å². The molecule has 0 amide bonds. The summed E-state index contributed by atoms with van der Waals surface area (Å²) in [5, 5.41) is 7.00. The van der Waals surface area contributed by atoms with Crippen LogP contribution in [0.15, 0.2) is 0 Å². The van der Waals surface area contributed by atoms with Crippen molar-refractivity contribution in [3.8, 4) is 0 Å². The molecule has 0 fully saturated rings. The molecule has 0 saturated carbocycles. The van der Waals surface area contributed by atoms with E-state index in [4.69, 9.17) is 5.11 Å². The average Bonchev–Trinajstić information content (AvgIpc) is 1.00. The molecule has 0 spiro atoms. The van der Waals surface area contributed by atoms with E-state index in [1.165, 1.54) is 0 Å². The number of hydrogen-bond acceptors (Lipinski definition) is 1. The third-order valence-corrected chi connectivity index (χ3v) is 0. The molecule has 0 aromatic heterocycles. The van der Waals surface area contributed by atoms with Crippen LogP contribution in [0.1, 0.15) is 0 Å². The van der Waals surface area contributed by atoms with Gasteiger partial charge in [-0.2, -0.15) is 0 Å². The Bertz CT molecular complexity index is 9.61. The summed E-state index contributed by atoms with van der Waals surface area (Å²) in [6, 6.07) is 0. The van der Waals surface area contributed by atoms with Crippen molar-refractivity contribution >= 4 is 45.5 Å². The molecule has 0 aliphatic heterocycles. The Morgan fingerprint density at radius 3 is 1.00 bits per heavy atom. The maximum absolute atomic E-state index is 7.00. The monoisotopic (exact) mass is 190 g/mol. The molecule has 0 saturated heterocycles. The summed E-state index contributed by atoms with van der Waals surface area (Å²) in [7, 11) is 1.00. The molecule has 5 heavy (non-hydrogen) atoms. The SMILES string of the molecule is CO.[Cl-].[Cl-].[Sr+2]. The summed E-state index contributed by atoms with van der Waals surface area (Å²) in [4.78, 5) is 0. The standard InChI is InChI=1S/CH4O.2ClH.Sr/c1-2;;;/h2H,1H3;2*1H;/q;;;+2/p-2. The molecule has 0 bridgehead atoms. The molecule has 0 aromatic carbocycles. The second-order valence-corrected chi connectivity index (χ2v) is 0. The Hall–Kier alpha value is 2.02. The van der Waals surface area contributed by atoms with Crippen molar-refractivity contribution in [2.45, 2.75) is 0 Å². The molecule has 0 aliphatic rings. The van der Waals surface area contributed by atoms with Gasteiger partial charge in [0.1, 0.15) is 0 Å². The van der Waals surface area contributed by atoms with Crippen LogP contribution in [-0.4, -0.2) is 57.7 Å². The topological polar surface area (TPSA) is 20.2 Å². The molecule has 1 N–H and O–H groups in total. The van der Waals surface area contributed by atoms with Crippen LogP contribution in [-0.2, 0) is 0 Å². The van der Waals surface area contributed by atoms with Gasteiger partial charge in [0.25, 0.3) is 0 Å². The van der Waals surface area contributed by atoms with Gasteiger partial charge in [-0.1, -0.05) is 0 Å². The number of aliphatic hydroxyl groups is 1. The molecule has 0 aliphatic carbocycles. The minimum Gasteiger partial charge on any atom is -1.00 e. The molecule has 30 valence electrons. The third-order valence-electron chi connectivity index (χ3n) is 0. The Morgan fingerprint density at radius 2 is 1.00 bits per heavy atom. The van der Waals surface area contributed by atoms with Crippen molar-refractivity contribution in [2.75, 3.05) is 7.11 Å². The fraction of sp³-hybridized carbons (Fsp3) is 1.00. The molecule has 0 heterocycles. The predicted octanol–water partition coefficient (Wildman–Crippen LogP) is -6.76. The first kappa shape index (κ1) is 27.9. The maximum atomic E-state index is 7.00. The van der Waals surface area contributed by atoms with E-state index >= 15 is 0 Å². The number of aliphatic hydroxyl groups excluding tert-OH is 1. The van der Waals surface area contributed by atoms with Gasteiger partial charge in [0.05, 0.1) is 0 Å². The Balaban J connectivity index is -0.00000000167. The van der Waals surface area contributed by atoms with Crippen LogP contribution in [0.5, 0.6) is 0 Å². The molecule has 0 atom stereocenters. The van der Waals surface area contributed by atoms with E-state index in [0.29, 0.717) is 0 Å². The van der Waals surface area contributed by atoms with Gasteiger partial charge in [0.2, 0.25) is 0 Å². The second-order valence-electron chi connectivity index (χ2n) is 0. The van der Waals surface area contributed by atoms with Gasteiger partial charge < -0.3 is 29.9 Å². The summed E-state index contributed by atoms with van der Waals surface area (Å²) < 4.78 is 0. The Labute approximate surface area is 81.2 Å².